The second-order valence-electron chi connectivity index (χ2n) is 6.71. The van der Waals surface area contributed by atoms with Crippen LogP contribution in [0, 0.1) is 17.8 Å². The molecular formula is C18H20BrN3O. The zero-order valence-electron chi connectivity index (χ0n) is 12.9. The van der Waals surface area contributed by atoms with E-state index in [0.717, 1.165) is 27.7 Å². The van der Waals surface area contributed by atoms with Gasteiger partial charge >= 0.3 is 0 Å². The van der Waals surface area contributed by atoms with Crippen molar-refractivity contribution >= 4 is 27.5 Å². The molecule has 2 aromatic rings. The van der Waals surface area contributed by atoms with Gasteiger partial charge in [-0.15, -0.1) is 0 Å². The largest absolute Gasteiger partial charge is 0.324 e. The highest BCUT2D eigenvalue weighted by Crippen LogP contribution is 2.50. The topological polar surface area (TPSA) is 46.9 Å². The van der Waals surface area contributed by atoms with E-state index in [2.05, 4.69) is 26.3 Å². The van der Waals surface area contributed by atoms with Crippen LogP contribution in [-0.2, 0) is 4.79 Å². The fourth-order valence-electron chi connectivity index (χ4n) is 3.39. The molecule has 1 aromatic heterocycles. The lowest BCUT2D eigenvalue weighted by atomic mass is 9.94. The molecule has 4 nitrogen and oxygen atoms in total. The summed E-state index contributed by atoms with van der Waals surface area (Å²) in [4.78, 5) is 12.5. The van der Waals surface area contributed by atoms with Gasteiger partial charge < -0.3 is 5.32 Å². The number of rotatable bonds is 6. The number of hydrogen-bond donors (Lipinski definition) is 1. The summed E-state index contributed by atoms with van der Waals surface area (Å²) >= 11 is 3.41. The second kappa shape index (κ2) is 6.11. The van der Waals surface area contributed by atoms with Crippen molar-refractivity contribution in [3.8, 4) is 5.69 Å². The molecule has 0 radical (unpaired) electrons. The summed E-state index contributed by atoms with van der Waals surface area (Å²) in [7, 11) is 0. The number of anilines is 1. The van der Waals surface area contributed by atoms with Gasteiger partial charge in [-0.2, -0.15) is 5.10 Å². The summed E-state index contributed by atoms with van der Waals surface area (Å²) < 4.78 is 2.69. The number of amides is 1. The van der Waals surface area contributed by atoms with Gasteiger partial charge in [-0.05, 0) is 71.5 Å². The Morgan fingerprint density at radius 1 is 1.26 bits per heavy atom. The van der Waals surface area contributed by atoms with Gasteiger partial charge in [0.05, 0.1) is 22.0 Å². The average molecular weight is 374 g/mol. The number of nitrogens with one attached hydrogen (secondary N) is 1. The number of benzene rings is 1. The lowest BCUT2D eigenvalue weighted by Crippen LogP contribution is -2.20. The minimum atomic E-state index is 0.132. The van der Waals surface area contributed by atoms with Crippen LogP contribution in [0.4, 0.5) is 5.69 Å². The quantitative estimate of drug-likeness (QED) is 0.815. The third-order valence-corrected chi connectivity index (χ3v) is 5.26. The van der Waals surface area contributed by atoms with Crippen molar-refractivity contribution in [2.24, 2.45) is 17.8 Å². The summed E-state index contributed by atoms with van der Waals surface area (Å²) in [5, 5.41) is 7.41. The van der Waals surface area contributed by atoms with E-state index in [-0.39, 0.29) is 5.91 Å². The van der Waals surface area contributed by atoms with Gasteiger partial charge in [0.2, 0.25) is 5.91 Å². The molecule has 1 aromatic carbocycles. The summed E-state index contributed by atoms with van der Waals surface area (Å²) in [6.45, 7) is 0. The zero-order chi connectivity index (χ0) is 15.8. The first-order chi connectivity index (χ1) is 11.2. The van der Waals surface area contributed by atoms with Crippen LogP contribution in [0.25, 0.3) is 5.69 Å². The molecule has 1 N–H and O–H groups in total. The monoisotopic (exact) mass is 373 g/mol. The van der Waals surface area contributed by atoms with Gasteiger partial charge in [0.15, 0.2) is 0 Å². The van der Waals surface area contributed by atoms with E-state index in [0.29, 0.717) is 12.3 Å². The van der Waals surface area contributed by atoms with Crippen LogP contribution < -0.4 is 5.32 Å². The number of halogens is 1. The normalized spacial score (nSPS) is 17.5. The minimum Gasteiger partial charge on any atom is -0.324 e. The Bertz CT molecular complexity index is 707. The Kier molecular flexibility index (Phi) is 3.97. The fraction of sp³-hybridized carbons (Fsp3) is 0.444. The first-order valence-electron chi connectivity index (χ1n) is 8.30. The number of aromatic nitrogens is 2. The molecule has 23 heavy (non-hydrogen) atoms. The molecule has 2 aliphatic carbocycles. The molecule has 2 fully saturated rings. The van der Waals surface area contributed by atoms with Crippen molar-refractivity contribution in [3.63, 3.8) is 0 Å². The zero-order valence-corrected chi connectivity index (χ0v) is 14.5. The van der Waals surface area contributed by atoms with Crippen molar-refractivity contribution < 1.29 is 4.79 Å². The maximum atomic E-state index is 12.5. The molecule has 0 bridgehead atoms. The fourth-order valence-corrected chi connectivity index (χ4v) is 3.68. The lowest BCUT2D eigenvalue weighted by Gasteiger charge is -2.16. The van der Waals surface area contributed by atoms with Crippen LogP contribution in [-0.4, -0.2) is 15.7 Å². The van der Waals surface area contributed by atoms with E-state index < -0.39 is 0 Å². The SMILES string of the molecule is O=C(CC(C1CC1)C1CC1)Nc1ccccc1-n1cc(Br)cn1. The summed E-state index contributed by atoms with van der Waals surface area (Å²) in [5.74, 6) is 2.32. The highest BCUT2D eigenvalue weighted by atomic mass is 79.9. The highest BCUT2D eigenvalue weighted by molar-refractivity contribution is 9.10. The van der Waals surface area contributed by atoms with Crippen molar-refractivity contribution in [2.45, 2.75) is 32.1 Å². The van der Waals surface area contributed by atoms with Crippen LogP contribution in [0.5, 0.6) is 0 Å². The summed E-state index contributed by atoms with van der Waals surface area (Å²) in [6, 6.07) is 7.80. The van der Waals surface area contributed by atoms with Crippen molar-refractivity contribution in [3.05, 3.63) is 41.1 Å². The van der Waals surface area contributed by atoms with E-state index in [1.54, 1.807) is 10.9 Å². The average Bonchev–Trinajstić information content (AvgIpc) is 3.45. The van der Waals surface area contributed by atoms with Gasteiger partial charge in [-0.1, -0.05) is 12.1 Å². The molecule has 0 saturated heterocycles. The molecule has 1 heterocycles. The molecule has 2 aliphatic rings. The Morgan fingerprint density at radius 3 is 2.57 bits per heavy atom. The van der Waals surface area contributed by atoms with Crippen LogP contribution >= 0.6 is 15.9 Å². The summed E-state index contributed by atoms with van der Waals surface area (Å²) in [6.07, 6.45) is 9.54. The van der Waals surface area contributed by atoms with E-state index in [1.165, 1.54) is 25.7 Å². The number of carbonyl (C=O) groups is 1. The predicted molar refractivity (Wildman–Crippen MR) is 93.4 cm³/mol. The highest BCUT2D eigenvalue weighted by Gasteiger charge is 2.42. The van der Waals surface area contributed by atoms with Crippen LogP contribution in [0.3, 0.4) is 0 Å². The molecule has 0 unspecified atom stereocenters. The number of carbonyl (C=O) groups excluding carboxylic acids is 1. The molecule has 0 spiro atoms. The molecule has 120 valence electrons. The maximum Gasteiger partial charge on any atom is 0.224 e. The van der Waals surface area contributed by atoms with Gasteiger partial charge in [0.25, 0.3) is 0 Å². The lowest BCUT2D eigenvalue weighted by molar-refractivity contribution is -0.117. The molecule has 2 saturated carbocycles. The van der Waals surface area contributed by atoms with Crippen molar-refractivity contribution in [1.82, 2.24) is 9.78 Å². The third kappa shape index (κ3) is 3.50. The van der Waals surface area contributed by atoms with Gasteiger partial charge in [0, 0.05) is 12.6 Å². The molecule has 1 amide bonds. The standard InChI is InChI=1S/C18H20BrN3O/c19-14-10-20-22(11-14)17-4-2-1-3-16(17)21-18(23)9-15(12-5-6-12)13-7-8-13/h1-4,10-13,15H,5-9H2,(H,21,23). The molecule has 5 heteroatoms. The maximum absolute atomic E-state index is 12.5. The van der Waals surface area contributed by atoms with E-state index in [1.807, 2.05) is 30.5 Å². The van der Waals surface area contributed by atoms with Crippen molar-refractivity contribution in [1.29, 1.82) is 0 Å². The Balaban J connectivity index is 1.48. The van der Waals surface area contributed by atoms with E-state index >= 15 is 0 Å². The van der Waals surface area contributed by atoms with Gasteiger partial charge in [-0.3, -0.25) is 4.79 Å². The second-order valence-corrected chi connectivity index (χ2v) is 7.63. The Morgan fingerprint density at radius 2 is 1.96 bits per heavy atom. The van der Waals surface area contributed by atoms with E-state index in [4.69, 9.17) is 0 Å². The number of nitrogens with zero attached hydrogens (tertiary/aromatic N) is 2. The molecule has 0 aliphatic heterocycles. The smallest absolute Gasteiger partial charge is 0.224 e. The molecular weight excluding hydrogens is 354 g/mol. The summed E-state index contributed by atoms with van der Waals surface area (Å²) in [5.41, 5.74) is 1.71. The molecule has 4 rings (SSSR count). The minimum absolute atomic E-state index is 0.132. The van der Waals surface area contributed by atoms with Crippen LogP contribution in [0.15, 0.2) is 41.1 Å². The Labute approximate surface area is 144 Å². The predicted octanol–water partition coefficient (Wildman–Crippen LogP) is 4.40. The van der Waals surface area contributed by atoms with Gasteiger partial charge in [0.1, 0.15) is 0 Å². The van der Waals surface area contributed by atoms with Crippen LogP contribution in [0.2, 0.25) is 0 Å². The van der Waals surface area contributed by atoms with Crippen LogP contribution in [0.1, 0.15) is 32.1 Å². The van der Waals surface area contributed by atoms with Crippen molar-refractivity contribution in [2.75, 3.05) is 5.32 Å². The number of para-hydroxylation sites is 2. The van der Waals surface area contributed by atoms with E-state index in [9.17, 15) is 4.79 Å². The molecule has 0 atom stereocenters. The number of hydrogen-bond acceptors (Lipinski definition) is 2. The first-order valence-corrected chi connectivity index (χ1v) is 9.09. The Hall–Kier alpha value is -1.62. The van der Waals surface area contributed by atoms with Gasteiger partial charge in [-0.25, -0.2) is 4.68 Å². The third-order valence-electron chi connectivity index (χ3n) is 4.85. The first kappa shape index (κ1) is 14.9.